The molecule has 1 amide bonds. The van der Waals surface area contributed by atoms with Crippen molar-refractivity contribution < 1.29 is 27.8 Å². The molecule has 1 fully saturated rings. The molecule has 2 aromatic rings. The van der Waals surface area contributed by atoms with E-state index in [2.05, 4.69) is 5.10 Å². The van der Waals surface area contributed by atoms with Crippen molar-refractivity contribution in [1.82, 2.24) is 15.1 Å². The number of β-amino-alcohol motifs (C(OH)–C–C–N with tert-alkyl or cyclic N) is 1. The van der Waals surface area contributed by atoms with Crippen molar-refractivity contribution in [1.29, 1.82) is 0 Å². The largest absolute Gasteiger partial charge is 0.491 e. The lowest BCUT2D eigenvalue weighted by molar-refractivity contribution is -0.141. The highest BCUT2D eigenvalue weighted by atomic mass is 19.4. The van der Waals surface area contributed by atoms with Gasteiger partial charge < -0.3 is 14.7 Å². The molecule has 1 aliphatic heterocycles. The molecule has 3 rings (SSSR count). The van der Waals surface area contributed by atoms with Gasteiger partial charge in [0.2, 0.25) is 0 Å². The van der Waals surface area contributed by atoms with Crippen LogP contribution in [0.4, 0.5) is 13.2 Å². The van der Waals surface area contributed by atoms with Gasteiger partial charge in [0.25, 0.3) is 5.91 Å². The smallest absolute Gasteiger partial charge is 0.432 e. The van der Waals surface area contributed by atoms with Crippen LogP contribution in [-0.2, 0) is 6.18 Å². The van der Waals surface area contributed by atoms with Gasteiger partial charge in [-0.3, -0.25) is 9.89 Å². The number of halogens is 3. The summed E-state index contributed by atoms with van der Waals surface area (Å²) in [5.41, 5.74) is -2.67. The third-order valence-electron chi connectivity index (χ3n) is 3.97. The first-order valence-corrected chi connectivity index (χ1v) is 7.59. The summed E-state index contributed by atoms with van der Waals surface area (Å²) in [4.78, 5) is 13.5. The minimum atomic E-state index is -4.60. The van der Waals surface area contributed by atoms with Gasteiger partial charge in [-0.1, -0.05) is 18.2 Å². The summed E-state index contributed by atoms with van der Waals surface area (Å²) < 4.78 is 43.2. The van der Waals surface area contributed by atoms with Gasteiger partial charge in [0.1, 0.15) is 23.7 Å². The fraction of sp³-hybridized carbons (Fsp3) is 0.375. The van der Waals surface area contributed by atoms with Crippen molar-refractivity contribution in [2.75, 3.05) is 19.7 Å². The van der Waals surface area contributed by atoms with E-state index in [4.69, 9.17) is 4.74 Å². The van der Waals surface area contributed by atoms with Crippen molar-refractivity contribution in [2.24, 2.45) is 0 Å². The van der Waals surface area contributed by atoms with Crippen LogP contribution in [0.15, 0.2) is 36.4 Å². The number of ether oxygens (including phenoxy) is 1. The number of nitrogens with zero attached hydrogens (tertiary/aromatic N) is 2. The summed E-state index contributed by atoms with van der Waals surface area (Å²) in [7, 11) is 0. The lowest BCUT2D eigenvalue weighted by Gasteiger charge is -2.23. The summed E-state index contributed by atoms with van der Waals surface area (Å²) in [6.07, 6.45) is -4.33. The van der Waals surface area contributed by atoms with Crippen LogP contribution >= 0.6 is 0 Å². The van der Waals surface area contributed by atoms with Crippen LogP contribution in [0.5, 0.6) is 5.75 Å². The van der Waals surface area contributed by atoms with Gasteiger partial charge in [-0.2, -0.15) is 18.3 Å². The normalized spacial score (nSPS) is 20.7. The number of aromatic nitrogens is 2. The van der Waals surface area contributed by atoms with Crippen LogP contribution in [0.1, 0.15) is 22.6 Å². The Morgan fingerprint density at radius 1 is 1.36 bits per heavy atom. The van der Waals surface area contributed by atoms with Crippen molar-refractivity contribution in [3.8, 4) is 5.75 Å². The molecule has 1 atom stereocenters. The van der Waals surface area contributed by atoms with E-state index in [-0.39, 0.29) is 31.8 Å². The predicted octanol–water partition coefficient (Wildman–Crippen LogP) is 2.08. The standard InChI is InChI=1S/C16H16F3N3O3/c17-16(18,19)13-8-12(20-21-13)14(23)22-7-6-15(24,9-22)10-25-11-4-2-1-3-5-11/h1-5,8,24H,6-7,9-10H2,(H,20,21). The Labute approximate surface area is 141 Å². The lowest BCUT2D eigenvalue weighted by Crippen LogP contribution is -2.40. The number of nitrogens with one attached hydrogen (secondary N) is 1. The van der Waals surface area contributed by atoms with Crippen LogP contribution in [0, 0.1) is 0 Å². The molecule has 1 saturated heterocycles. The van der Waals surface area contributed by atoms with Gasteiger partial charge in [-0.05, 0) is 18.6 Å². The first-order valence-electron chi connectivity index (χ1n) is 7.59. The molecule has 0 spiro atoms. The summed E-state index contributed by atoms with van der Waals surface area (Å²) in [5, 5.41) is 15.8. The van der Waals surface area contributed by atoms with Crippen molar-refractivity contribution >= 4 is 5.91 Å². The highest BCUT2D eigenvalue weighted by molar-refractivity contribution is 5.92. The summed E-state index contributed by atoms with van der Waals surface area (Å²) in [5.74, 6) is -0.0785. The Balaban J connectivity index is 1.61. The van der Waals surface area contributed by atoms with Crippen LogP contribution in [0.3, 0.4) is 0 Å². The first kappa shape index (κ1) is 17.3. The molecule has 1 unspecified atom stereocenters. The number of alkyl halides is 3. The number of likely N-dealkylation sites (tertiary alicyclic amines) is 1. The topological polar surface area (TPSA) is 78.5 Å². The van der Waals surface area contributed by atoms with Crippen LogP contribution < -0.4 is 4.74 Å². The number of carbonyl (C=O) groups is 1. The second-order valence-electron chi connectivity index (χ2n) is 5.97. The predicted molar refractivity (Wildman–Crippen MR) is 81.0 cm³/mol. The van der Waals surface area contributed by atoms with Crippen molar-refractivity contribution in [3.63, 3.8) is 0 Å². The fourth-order valence-electron chi connectivity index (χ4n) is 2.62. The van der Waals surface area contributed by atoms with E-state index in [1.165, 1.54) is 4.90 Å². The fourth-order valence-corrected chi connectivity index (χ4v) is 2.62. The number of hydrogen-bond acceptors (Lipinski definition) is 4. The first-order chi connectivity index (χ1) is 11.8. The van der Waals surface area contributed by atoms with E-state index in [9.17, 15) is 23.1 Å². The maximum atomic E-state index is 12.6. The van der Waals surface area contributed by atoms with Gasteiger partial charge in [0.15, 0.2) is 5.69 Å². The zero-order valence-corrected chi connectivity index (χ0v) is 13.1. The average molecular weight is 355 g/mol. The molecule has 0 bridgehead atoms. The minimum absolute atomic E-state index is 0.0187. The number of carbonyl (C=O) groups excluding carboxylic acids is 1. The number of aromatic amines is 1. The lowest BCUT2D eigenvalue weighted by atomic mass is 10.1. The van der Waals surface area contributed by atoms with E-state index in [0.717, 1.165) is 0 Å². The molecule has 9 heteroatoms. The summed E-state index contributed by atoms with van der Waals surface area (Å²) >= 11 is 0. The van der Waals surface area contributed by atoms with Crippen LogP contribution in [-0.4, -0.2) is 51.4 Å². The number of hydrogen-bond donors (Lipinski definition) is 2. The van der Waals surface area contributed by atoms with Gasteiger partial charge in [0, 0.05) is 12.6 Å². The van der Waals surface area contributed by atoms with Gasteiger partial charge >= 0.3 is 6.18 Å². The second kappa shape index (κ2) is 6.40. The monoisotopic (exact) mass is 355 g/mol. The molecule has 1 aromatic heterocycles. The van der Waals surface area contributed by atoms with Crippen LogP contribution in [0.25, 0.3) is 0 Å². The Morgan fingerprint density at radius 2 is 2.08 bits per heavy atom. The Kier molecular flexibility index (Phi) is 4.42. The third-order valence-corrected chi connectivity index (χ3v) is 3.97. The third kappa shape index (κ3) is 3.93. The number of aliphatic hydroxyl groups is 1. The number of para-hydroxylation sites is 1. The molecule has 6 nitrogen and oxygen atoms in total. The molecule has 2 heterocycles. The number of benzene rings is 1. The molecule has 25 heavy (non-hydrogen) atoms. The van der Waals surface area contributed by atoms with Gasteiger partial charge in [-0.15, -0.1) is 0 Å². The number of amides is 1. The minimum Gasteiger partial charge on any atom is -0.491 e. The maximum Gasteiger partial charge on any atom is 0.432 e. The molecule has 2 N–H and O–H groups in total. The second-order valence-corrected chi connectivity index (χ2v) is 5.97. The van der Waals surface area contributed by atoms with Gasteiger partial charge in [0.05, 0.1) is 6.54 Å². The molecule has 1 aromatic carbocycles. The zero-order valence-electron chi connectivity index (χ0n) is 13.1. The molecule has 134 valence electrons. The number of H-pyrrole nitrogens is 1. The quantitative estimate of drug-likeness (QED) is 0.880. The van der Waals surface area contributed by atoms with E-state index < -0.39 is 23.4 Å². The highest BCUT2D eigenvalue weighted by Gasteiger charge is 2.40. The summed E-state index contributed by atoms with van der Waals surface area (Å²) in [6.45, 7) is 0.156. The molecule has 0 aliphatic carbocycles. The van der Waals surface area contributed by atoms with Crippen molar-refractivity contribution in [3.05, 3.63) is 47.8 Å². The van der Waals surface area contributed by atoms with E-state index >= 15 is 0 Å². The SMILES string of the molecule is O=C(c1cc(C(F)(F)F)[nH]n1)N1CCC(O)(COc2ccccc2)C1. The van der Waals surface area contributed by atoms with E-state index in [1.54, 1.807) is 24.3 Å². The Bertz CT molecular complexity index is 748. The van der Waals surface area contributed by atoms with Gasteiger partial charge in [-0.25, -0.2) is 0 Å². The number of rotatable bonds is 4. The van der Waals surface area contributed by atoms with E-state index in [0.29, 0.717) is 11.8 Å². The molecule has 1 aliphatic rings. The molecule has 0 saturated carbocycles. The molecule has 0 radical (unpaired) electrons. The average Bonchev–Trinajstić information content (AvgIpc) is 3.21. The Morgan fingerprint density at radius 3 is 2.72 bits per heavy atom. The van der Waals surface area contributed by atoms with Crippen LogP contribution in [0.2, 0.25) is 0 Å². The molecular weight excluding hydrogens is 339 g/mol. The zero-order chi connectivity index (χ0) is 18.1. The summed E-state index contributed by atoms with van der Waals surface area (Å²) in [6, 6.07) is 9.56. The molecular formula is C16H16F3N3O3. The van der Waals surface area contributed by atoms with Crippen molar-refractivity contribution in [2.45, 2.75) is 18.2 Å². The van der Waals surface area contributed by atoms with E-state index in [1.807, 2.05) is 11.2 Å². The Hall–Kier alpha value is -2.55. The maximum absolute atomic E-state index is 12.6. The highest BCUT2D eigenvalue weighted by Crippen LogP contribution is 2.29.